The fourth-order valence-corrected chi connectivity index (χ4v) is 4.02. The van der Waals surface area contributed by atoms with Gasteiger partial charge in [0.1, 0.15) is 11.9 Å². The lowest BCUT2D eigenvalue weighted by Crippen LogP contribution is -2.43. The molecule has 3 rings (SSSR count). The first kappa shape index (κ1) is 24.9. The number of aromatic nitrogens is 2. The predicted octanol–water partition coefficient (Wildman–Crippen LogP) is 2.12. The van der Waals surface area contributed by atoms with Crippen molar-refractivity contribution >= 4 is 33.7 Å². The molecule has 11 heteroatoms. The summed E-state index contributed by atoms with van der Waals surface area (Å²) in [7, 11) is 0. The number of rotatable bonds is 11. The van der Waals surface area contributed by atoms with Gasteiger partial charge in [-0.25, -0.2) is 9.78 Å². The number of pyridine rings is 2. The maximum atomic E-state index is 12.6. The molecule has 0 radical (unpaired) electrons. The Morgan fingerprint density at radius 2 is 2.12 bits per heavy atom. The van der Waals surface area contributed by atoms with Crippen LogP contribution in [-0.2, 0) is 22.5 Å². The molecule has 178 valence electrons. The number of anilines is 1. The second-order valence-corrected chi connectivity index (χ2v) is 8.60. The largest absolute Gasteiger partial charge is 0.480 e. The van der Waals surface area contributed by atoms with E-state index >= 15 is 0 Å². The summed E-state index contributed by atoms with van der Waals surface area (Å²) >= 11 is 3.18. The molecule has 0 bridgehead atoms. The van der Waals surface area contributed by atoms with Gasteiger partial charge in [-0.3, -0.25) is 9.59 Å². The van der Waals surface area contributed by atoms with Gasteiger partial charge in [0.25, 0.3) is 0 Å². The average molecular weight is 523 g/mol. The predicted molar refractivity (Wildman–Crippen MR) is 124 cm³/mol. The van der Waals surface area contributed by atoms with Gasteiger partial charge in [0.05, 0.1) is 5.56 Å². The Balaban J connectivity index is 1.64. The van der Waals surface area contributed by atoms with Crippen molar-refractivity contribution in [3.63, 3.8) is 0 Å². The number of aliphatic hydroxyl groups is 1. The highest BCUT2D eigenvalue weighted by Crippen LogP contribution is 2.21. The molecule has 3 heterocycles. The Morgan fingerprint density at radius 3 is 2.88 bits per heavy atom. The number of unbranched alkanes of at least 4 members (excludes halogenated alkanes) is 1. The van der Waals surface area contributed by atoms with E-state index in [0.29, 0.717) is 23.7 Å². The molecule has 4 N–H and O–H groups in total. The van der Waals surface area contributed by atoms with Gasteiger partial charge in [-0.05, 0) is 66.1 Å². The molecule has 0 aromatic carbocycles. The van der Waals surface area contributed by atoms with Crippen LogP contribution in [0.4, 0.5) is 5.82 Å². The monoisotopic (exact) mass is 522 g/mol. The molecule has 10 nitrogen and oxygen atoms in total. The van der Waals surface area contributed by atoms with Crippen LogP contribution in [0.25, 0.3) is 0 Å². The van der Waals surface area contributed by atoms with Crippen molar-refractivity contribution in [2.75, 3.05) is 25.0 Å². The number of nitrogens with zero attached hydrogens (tertiary/aromatic N) is 2. The normalized spacial score (nSPS) is 13.8. The Bertz CT molecular complexity index is 1040. The lowest BCUT2D eigenvalue weighted by Gasteiger charge is -2.27. The minimum Gasteiger partial charge on any atom is -0.480 e. The highest BCUT2D eigenvalue weighted by molar-refractivity contribution is 9.10. The van der Waals surface area contributed by atoms with Gasteiger partial charge >= 0.3 is 11.9 Å². The highest BCUT2D eigenvalue weighted by Gasteiger charge is 2.29. The zero-order valence-corrected chi connectivity index (χ0v) is 19.6. The van der Waals surface area contributed by atoms with E-state index in [2.05, 4.69) is 37.3 Å². The van der Waals surface area contributed by atoms with Crippen molar-refractivity contribution in [2.45, 2.75) is 44.6 Å². The van der Waals surface area contributed by atoms with E-state index in [9.17, 15) is 24.6 Å². The molecule has 1 aliphatic rings. The van der Waals surface area contributed by atoms with Crippen LogP contribution in [0.2, 0.25) is 0 Å². The molecular weight excluding hydrogens is 496 g/mol. The molecule has 0 saturated carbocycles. The summed E-state index contributed by atoms with van der Waals surface area (Å²) in [6.07, 6.45) is 5.22. The average Bonchev–Trinajstić information content (AvgIpc) is 2.80. The number of nitrogens with one attached hydrogen (secondary N) is 2. The number of aliphatic carboxylic acids is 1. The molecule has 0 fully saturated rings. The lowest BCUT2D eigenvalue weighted by molar-refractivity contribution is -0.174. The zero-order chi connectivity index (χ0) is 23.8. The van der Waals surface area contributed by atoms with Crippen molar-refractivity contribution in [1.29, 1.82) is 0 Å². The number of aromatic amines is 1. The van der Waals surface area contributed by atoms with E-state index < -0.39 is 23.5 Å². The number of hydroxylamine groups is 2. The van der Waals surface area contributed by atoms with Crippen LogP contribution < -0.4 is 10.9 Å². The third kappa shape index (κ3) is 6.86. The Hall–Kier alpha value is -2.76. The quantitative estimate of drug-likeness (QED) is 0.257. The van der Waals surface area contributed by atoms with Crippen molar-refractivity contribution in [3.05, 3.63) is 56.0 Å². The summed E-state index contributed by atoms with van der Waals surface area (Å²) < 4.78 is 0.313. The van der Waals surface area contributed by atoms with E-state index in [0.717, 1.165) is 42.0 Å². The number of H-pyrrole nitrogens is 1. The fourth-order valence-electron chi connectivity index (χ4n) is 3.63. The summed E-state index contributed by atoms with van der Waals surface area (Å²) in [6.45, 7) is 0.674. The Labute approximate surface area is 199 Å². The summed E-state index contributed by atoms with van der Waals surface area (Å²) in [5.41, 5.74) is 1.63. The number of carbonyl (C=O) groups excluding carboxylic acids is 1. The first-order valence-corrected chi connectivity index (χ1v) is 11.6. The van der Waals surface area contributed by atoms with Crippen LogP contribution in [-0.4, -0.2) is 62.9 Å². The summed E-state index contributed by atoms with van der Waals surface area (Å²) in [5, 5.41) is 23.2. The van der Waals surface area contributed by atoms with E-state index in [1.165, 1.54) is 11.8 Å². The van der Waals surface area contributed by atoms with Gasteiger partial charge in [-0.2, -0.15) is 0 Å². The van der Waals surface area contributed by atoms with Crippen LogP contribution >= 0.6 is 15.9 Å². The van der Waals surface area contributed by atoms with Crippen LogP contribution in [0.5, 0.6) is 0 Å². The number of carbonyl (C=O) groups is 2. The molecule has 2 aromatic rings. The molecule has 0 spiro atoms. The van der Waals surface area contributed by atoms with Crippen molar-refractivity contribution < 1.29 is 24.6 Å². The smallest absolute Gasteiger partial charge is 0.358 e. The van der Waals surface area contributed by atoms with Gasteiger partial charge in [0.15, 0.2) is 0 Å². The van der Waals surface area contributed by atoms with E-state index in [1.807, 2.05) is 6.07 Å². The number of carboxylic acid groups (broad SMARTS) is 1. The van der Waals surface area contributed by atoms with Gasteiger partial charge in [-0.1, -0.05) is 6.07 Å². The second kappa shape index (κ2) is 11.9. The third-order valence-electron chi connectivity index (χ3n) is 5.34. The standard InChI is InChI=1S/C22H27BrN4O6/c23-17-13-25-19(29)12-16(17)22(32)33-27(18(8-11-28)21(30)31)10-2-1-5-15-7-6-14-4-3-9-24-20(14)26-15/h6-7,12-13,18,28H,1-5,8-11H2,(H,24,26)(H,25,29)(H,30,31)/t18-/m0/s1. The number of aliphatic hydroxyl groups excluding tert-OH is 1. The molecule has 0 unspecified atom stereocenters. The van der Waals surface area contributed by atoms with E-state index in [1.54, 1.807) is 0 Å². The van der Waals surface area contributed by atoms with Gasteiger partial charge in [0.2, 0.25) is 5.56 Å². The number of hydrogen-bond acceptors (Lipinski definition) is 8. The first-order valence-electron chi connectivity index (χ1n) is 10.8. The topological polar surface area (TPSA) is 145 Å². The van der Waals surface area contributed by atoms with Crippen LogP contribution in [0.1, 0.15) is 47.3 Å². The number of hydrogen-bond donors (Lipinski definition) is 4. The SMILES string of the molecule is O=C(ON(CCCCc1ccc2c(n1)NCCC2)[C@@H](CCO)C(=O)O)c1cc(=O)[nH]cc1Br. The Morgan fingerprint density at radius 1 is 1.30 bits per heavy atom. The minimum absolute atomic E-state index is 0.0253. The van der Waals surface area contributed by atoms with Gasteiger partial charge < -0.3 is 25.4 Å². The summed E-state index contributed by atoms with van der Waals surface area (Å²) in [4.78, 5) is 48.4. The highest BCUT2D eigenvalue weighted by atomic mass is 79.9. The van der Waals surface area contributed by atoms with Gasteiger partial charge in [0, 0.05) is 42.1 Å². The molecule has 2 aromatic heterocycles. The van der Waals surface area contributed by atoms with Crippen LogP contribution in [0.15, 0.2) is 33.7 Å². The number of halogens is 1. The maximum absolute atomic E-state index is 12.6. The maximum Gasteiger partial charge on any atom is 0.358 e. The van der Waals surface area contributed by atoms with Crippen molar-refractivity contribution in [3.8, 4) is 0 Å². The minimum atomic E-state index is -1.22. The van der Waals surface area contributed by atoms with E-state index in [-0.39, 0.29) is 25.1 Å². The first-order chi connectivity index (χ1) is 15.9. The summed E-state index contributed by atoms with van der Waals surface area (Å²) in [5.74, 6) is -1.16. The number of fused-ring (bicyclic) bond motifs is 1. The second-order valence-electron chi connectivity index (χ2n) is 7.74. The van der Waals surface area contributed by atoms with E-state index in [4.69, 9.17) is 4.84 Å². The molecular formula is C22H27BrN4O6. The Kier molecular flexibility index (Phi) is 8.98. The van der Waals surface area contributed by atoms with Crippen molar-refractivity contribution in [1.82, 2.24) is 15.0 Å². The number of carboxylic acids is 1. The third-order valence-corrected chi connectivity index (χ3v) is 6.00. The lowest BCUT2D eigenvalue weighted by atomic mass is 10.1. The molecule has 1 atom stereocenters. The fraction of sp³-hybridized carbons (Fsp3) is 0.455. The molecule has 0 aliphatic carbocycles. The van der Waals surface area contributed by atoms with Gasteiger partial charge in [-0.15, -0.1) is 5.06 Å². The zero-order valence-electron chi connectivity index (χ0n) is 18.1. The van der Waals surface area contributed by atoms with Crippen LogP contribution in [0, 0.1) is 0 Å². The summed E-state index contributed by atoms with van der Waals surface area (Å²) in [6, 6.07) is 3.94. The molecule has 0 saturated heterocycles. The molecule has 0 amide bonds. The number of aryl methyl sites for hydroxylation is 2. The molecule has 1 aliphatic heterocycles. The van der Waals surface area contributed by atoms with Crippen molar-refractivity contribution in [2.24, 2.45) is 0 Å². The molecule has 33 heavy (non-hydrogen) atoms. The van der Waals surface area contributed by atoms with Crippen LogP contribution in [0.3, 0.4) is 0 Å².